The van der Waals surface area contributed by atoms with Crippen LogP contribution in [0.5, 0.6) is 0 Å². The van der Waals surface area contributed by atoms with Gasteiger partial charge in [-0.05, 0) is 50.3 Å². The fraction of sp³-hybridized carbons (Fsp3) is 0.579. The molecule has 148 valence electrons. The van der Waals surface area contributed by atoms with Crippen molar-refractivity contribution < 1.29 is 22.7 Å². The number of benzene rings is 1. The van der Waals surface area contributed by atoms with Crippen LogP contribution < -0.4 is 0 Å². The smallest absolute Gasteiger partial charge is 0.328 e. The Morgan fingerprint density at radius 1 is 1.04 bits per heavy atom. The van der Waals surface area contributed by atoms with E-state index in [4.69, 9.17) is 4.74 Å². The second-order valence-electron chi connectivity index (χ2n) is 7.03. The number of hydrogen-bond acceptors (Lipinski definition) is 5. The van der Waals surface area contributed by atoms with Gasteiger partial charge >= 0.3 is 5.97 Å². The molecule has 2 fully saturated rings. The number of carbonyl (C=O) groups is 2. The Hall–Kier alpha value is -1.93. The normalized spacial score (nSPS) is 21.7. The van der Waals surface area contributed by atoms with Gasteiger partial charge in [0.15, 0.2) is 0 Å². The van der Waals surface area contributed by atoms with Gasteiger partial charge in [0.05, 0.1) is 12.0 Å². The highest BCUT2D eigenvalue weighted by Crippen LogP contribution is 2.24. The van der Waals surface area contributed by atoms with Gasteiger partial charge in [-0.1, -0.05) is 12.5 Å². The second-order valence-corrected chi connectivity index (χ2v) is 8.96. The summed E-state index contributed by atoms with van der Waals surface area (Å²) in [5.74, 6) is -0.763. The number of ether oxygens (including phenoxy) is 1. The third-order valence-corrected chi connectivity index (χ3v) is 7.17. The zero-order chi connectivity index (χ0) is 19.4. The molecule has 7 nitrogen and oxygen atoms in total. The molecule has 1 aromatic carbocycles. The first-order chi connectivity index (χ1) is 12.9. The number of sulfonamides is 1. The number of piperidine rings is 2. The zero-order valence-electron chi connectivity index (χ0n) is 15.6. The summed E-state index contributed by atoms with van der Waals surface area (Å²) >= 11 is 0. The SMILES string of the molecule is COC(=O)[C@@H]1CCCCN1C(=O)c1cccc(S(=O)(=O)N2CCCCC2)c1. The molecule has 2 saturated heterocycles. The average molecular weight is 394 g/mol. The fourth-order valence-electron chi connectivity index (χ4n) is 3.77. The summed E-state index contributed by atoms with van der Waals surface area (Å²) < 4.78 is 32.1. The van der Waals surface area contributed by atoms with Crippen LogP contribution in [-0.4, -0.2) is 62.3 Å². The minimum atomic E-state index is -3.61. The molecule has 0 aliphatic carbocycles. The predicted octanol–water partition coefficient (Wildman–Crippen LogP) is 2.03. The first-order valence-corrected chi connectivity index (χ1v) is 10.9. The highest BCUT2D eigenvalue weighted by Gasteiger charge is 2.34. The number of hydrogen-bond donors (Lipinski definition) is 0. The van der Waals surface area contributed by atoms with Gasteiger partial charge in [0, 0.05) is 25.2 Å². The molecule has 1 aromatic rings. The molecule has 0 saturated carbocycles. The Morgan fingerprint density at radius 2 is 1.74 bits per heavy atom. The largest absolute Gasteiger partial charge is 0.467 e. The monoisotopic (exact) mass is 394 g/mol. The first-order valence-electron chi connectivity index (χ1n) is 9.44. The van der Waals surface area contributed by atoms with E-state index in [-0.39, 0.29) is 16.4 Å². The molecule has 27 heavy (non-hydrogen) atoms. The minimum Gasteiger partial charge on any atom is -0.467 e. The summed E-state index contributed by atoms with van der Waals surface area (Å²) in [4.78, 5) is 26.7. The van der Waals surface area contributed by atoms with Gasteiger partial charge in [-0.15, -0.1) is 0 Å². The van der Waals surface area contributed by atoms with Crippen LogP contribution in [0.3, 0.4) is 0 Å². The number of carbonyl (C=O) groups excluding carboxylic acids is 2. The fourth-order valence-corrected chi connectivity index (χ4v) is 5.33. The Bertz CT molecular complexity index is 802. The van der Waals surface area contributed by atoms with E-state index in [2.05, 4.69) is 0 Å². The van der Waals surface area contributed by atoms with E-state index in [1.807, 2.05) is 0 Å². The highest BCUT2D eigenvalue weighted by atomic mass is 32.2. The van der Waals surface area contributed by atoms with Crippen LogP contribution in [0.4, 0.5) is 0 Å². The summed E-state index contributed by atoms with van der Waals surface area (Å²) in [6.45, 7) is 1.48. The lowest BCUT2D eigenvalue weighted by molar-refractivity contribution is -0.147. The number of likely N-dealkylation sites (tertiary alicyclic amines) is 1. The molecule has 0 unspecified atom stereocenters. The Balaban J connectivity index is 1.86. The van der Waals surface area contributed by atoms with E-state index < -0.39 is 22.0 Å². The van der Waals surface area contributed by atoms with Gasteiger partial charge in [-0.25, -0.2) is 13.2 Å². The topological polar surface area (TPSA) is 84.0 Å². The van der Waals surface area contributed by atoms with Crippen LogP contribution in [0, 0.1) is 0 Å². The molecule has 1 atom stereocenters. The molecule has 0 aromatic heterocycles. The average Bonchev–Trinajstić information content (AvgIpc) is 2.73. The van der Waals surface area contributed by atoms with Crippen LogP contribution in [0.2, 0.25) is 0 Å². The molecule has 2 heterocycles. The van der Waals surface area contributed by atoms with Crippen molar-refractivity contribution >= 4 is 21.9 Å². The van der Waals surface area contributed by atoms with Gasteiger partial charge in [-0.3, -0.25) is 4.79 Å². The molecular formula is C19H26N2O5S. The third kappa shape index (κ3) is 4.16. The van der Waals surface area contributed by atoms with Crippen molar-refractivity contribution in [1.29, 1.82) is 0 Å². The van der Waals surface area contributed by atoms with Gasteiger partial charge in [0.25, 0.3) is 5.91 Å². The second kappa shape index (κ2) is 8.39. The van der Waals surface area contributed by atoms with E-state index in [9.17, 15) is 18.0 Å². The van der Waals surface area contributed by atoms with Crippen LogP contribution in [0.1, 0.15) is 48.9 Å². The van der Waals surface area contributed by atoms with Crippen molar-refractivity contribution in [2.45, 2.75) is 49.5 Å². The maximum absolute atomic E-state index is 13.0. The number of methoxy groups -OCH3 is 1. The van der Waals surface area contributed by atoms with Crippen molar-refractivity contribution in [3.8, 4) is 0 Å². The van der Waals surface area contributed by atoms with Crippen molar-refractivity contribution in [2.24, 2.45) is 0 Å². The van der Waals surface area contributed by atoms with E-state index in [1.165, 1.54) is 28.4 Å². The summed E-state index contributed by atoms with van der Waals surface area (Å²) in [6, 6.07) is 5.52. The lowest BCUT2D eigenvalue weighted by atomic mass is 10.0. The van der Waals surface area contributed by atoms with Crippen LogP contribution >= 0.6 is 0 Å². The molecule has 0 spiro atoms. The molecule has 3 rings (SSSR count). The Kier molecular flexibility index (Phi) is 6.16. The van der Waals surface area contributed by atoms with E-state index >= 15 is 0 Å². The van der Waals surface area contributed by atoms with Crippen molar-refractivity contribution in [1.82, 2.24) is 9.21 Å². The van der Waals surface area contributed by atoms with Crippen LogP contribution in [0.15, 0.2) is 29.2 Å². The number of rotatable bonds is 4. The molecule has 0 N–H and O–H groups in total. The third-order valence-electron chi connectivity index (χ3n) is 5.27. The number of esters is 1. The standard InChI is InChI=1S/C19H26N2O5S/c1-26-19(23)17-10-3-6-13-21(17)18(22)15-8-7-9-16(14-15)27(24,25)20-11-4-2-5-12-20/h7-9,14,17H,2-6,10-13H2,1H3/t17-/m0/s1. The molecule has 8 heteroatoms. The summed E-state index contributed by atoms with van der Waals surface area (Å²) in [7, 11) is -2.30. The van der Waals surface area contributed by atoms with E-state index in [1.54, 1.807) is 12.1 Å². The van der Waals surface area contributed by atoms with Crippen LogP contribution in [-0.2, 0) is 19.6 Å². The molecule has 1 amide bonds. The lowest BCUT2D eigenvalue weighted by Crippen LogP contribution is -2.48. The van der Waals surface area contributed by atoms with Crippen molar-refractivity contribution in [3.63, 3.8) is 0 Å². The van der Waals surface area contributed by atoms with Crippen molar-refractivity contribution in [3.05, 3.63) is 29.8 Å². The highest BCUT2D eigenvalue weighted by molar-refractivity contribution is 7.89. The maximum Gasteiger partial charge on any atom is 0.328 e. The lowest BCUT2D eigenvalue weighted by Gasteiger charge is -2.34. The number of nitrogens with zero attached hydrogens (tertiary/aromatic N) is 2. The molecular weight excluding hydrogens is 368 g/mol. The Morgan fingerprint density at radius 3 is 2.44 bits per heavy atom. The molecule has 0 bridgehead atoms. The van der Waals surface area contributed by atoms with Gasteiger partial charge in [0.2, 0.25) is 10.0 Å². The molecule has 0 radical (unpaired) electrons. The minimum absolute atomic E-state index is 0.127. The maximum atomic E-state index is 13.0. The summed E-state index contributed by atoms with van der Waals surface area (Å²) in [5, 5.41) is 0. The van der Waals surface area contributed by atoms with Crippen molar-refractivity contribution in [2.75, 3.05) is 26.7 Å². The van der Waals surface area contributed by atoms with E-state index in [0.29, 0.717) is 26.1 Å². The summed E-state index contributed by atoms with van der Waals surface area (Å²) in [5.41, 5.74) is 0.281. The Labute approximate surface area is 160 Å². The molecule has 2 aliphatic rings. The van der Waals surface area contributed by atoms with Gasteiger partial charge < -0.3 is 9.64 Å². The first kappa shape index (κ1) is 19.8. The number of amides is 1. The van der Waals surface area contributed by atoms with E-state index in [0.717, 1.165) is 32.1 Å². The van der Waals surface area contributed by atoms with Gasteiger partial charge in [0.1, 0.15) is 6.04 Å². The predicted molar refractivity (Wildman–Crippen MR) is 99.7 cm³/mol. The van der Waals surface area contributed by atoms with Gasteiger partial charge in [-0.2, -0.15) is 4.31 Å². The summed E-state index contributed by atoms with van der Waals surface area (Å²) in [6.07, 6.45) is 4.97. The van der Waals surface area contributed by atoms with Crippen LogP contribution in [0.25, 0.3) is 0 Å². The quantitative estimate of drug-likeness (QED) is 0.730. The molecule has 2 aliphatic heterocycles. The zero-order valence-corrected chi connectivity index (χ0v) is 16.4.